The van der Waals surface area contributed by atoms with E-state index in [-0.39, 0.29) is 0 Å². The Morgan fingerprint density at radius 3 is 2.19 bits per heavy atom. The number of hydrogen-bond donors (Lipinski definition) is 1. The largest absolute Gasteiger partial charge is 0.497 e. The summed E-state index contributed by atoms with van der Waals surface area (Å²) in [5, 5.41) is 3.39. The zero-order valence-corrected chi connectivity index (χ0v) is 21.0. The van der Waals surface area contributed by atoms with E-state index in [1.165, 1.54) is 0 Å². The number of benzene rings is 2. The van der Waals surface area contributed by atoms with Crippen LogP contribution in [0.15, 0.2) is 71.8 Å². The van der Waals surface area contributed by atoms with Crippen LogP contribution in [0.25, 0.3) is 28.0 Å². The molecule has 3 heterocycles. The minimum Gasteiger partial charge on any atom is -0.497 e. The molecule has 1 aliphatic heterocycles. The zero-order chi connectivity index (χ0) is 26.3. The van der Waals surface area contributed by atoms with Crippen molar-refractivity contribution in [1.29, 1.82) is 0 Å². The molecule has 1 fully saturated rings. The Morgan fingerprint density at radius 2 is 1.51 bits per heavy atom. The van der Waals surface area contributed by atoms with Crippen LogP contribution in [0.2, 0.25) is 0 Å². The minimum atomic E-state index is -9.73. The summed E-state index contributed by atoms with van der Waals surface area (Å²) in [4.78, 5) is 5.30. The number of rotatable bonds is 6. The number of nitrogens with one attached hydrogen (secondary N) is 1. The third kappa shape index (κ3) is 5.58. The van der Waals surface area contributed by atoms with Crippen molar-refractivity contribution >= 4 is 15.9 Å². The summed E-state index contributed by atoms with van der Waals surface area (Å²) in [5.41, 5.74) is 4.33. The second-order valence-corrected chi connectivity index (χ2v) is 11.6. The molecule has 4 aromatic rings. The van der Waals surface area contributed by atoms with Gasteiger partial charge >= 0.3 is 10.2 Å². The van der Waals surface area contributed by atoms with Gasteiger partial charge in [0.2, 0.25) is 0 Å². The van der Waals surface area contributed by atoms with Gasteiger partial charge < -0.3 is 14.5 Å². The first-order chi connectivity index (χ1) is 17.4. The van der Waals surface area contributed by atoms with Crippen LogP contribution in [0.1, 0.15) is 12.1 Å². The van der Waals surface area contributed by atoms with E-state index in [0.717, 1.165) is 67.4 Å². The lowest BCUT2D eigenvalue weighted by Gasteiger charge is -2.40. The Labute approximate surface area is 211 Å². The molecule has 0 aliphatic carbocycles. The van der Waals surface area contributed by atoms with E-state index in [0.29, 0.717) is 35.5 Å². The first-order valence-corrected chi connectivity index (χ1v) is 13.8. The number of halogens is 5. The third-order valence-electron chi connectivity index (χ3n) is 6.52. The lowest BCUT2D eigenvalue weighted by molar-refractivity contribution is 0.281. The normalized spacial score (nSPS) is 17.2. The number of imidazole rings is 1. The van der Waals surface area contributed by atoms with Crippen LogP contribution >= 0.6 is 10.2 Å². The van der Waals surface area contributed by atoms with Crippen LogP contribution in [0.4, 0.5) is 19.4 Å². The minimum absolute atomic E-state index is 0.400. The van der Waals surface area contributed by atoms with Gasteiger partial charge in [-0.1, -0.05) is 31.6 Å². The molecule has 2 aromatic heterocycles. The van der Waals surface area contributed by atoms with E-state index >= 15 is 0 Å². The molecule has 0 unspecified atom stereocenters. The molecule has 11 heteroatoms. The van der Waals surface area contributed by atoms with Crippen LogP contribution < -0.4 is 10.1 Å². The fraction of sp³-hybridized carbons (Fsp3) is 0.269. The Hall–Kier alpha value is -3.15. The Kier molecular flexibility index (Phi) is 6.00. The first kappa shape index (κ1) is 25.5. The van der Waals surface area contributed by atoms with Gasteiger partial charge in [0.1, 0.15) is 16.3 Å². The molecule has 0 atom stereocenters. The molecule has 0 bridgehead atoms. The fourth-order valence-electron chi connectivity index (χ4n) is 4.57. The summed E-state index contributed by atoms with van der Waals surface area (Å²) in [6, 6.07) is 14.2. The zero-order valence-electron chi connectivity index (χ0n) is 20.1. The second-order valence-electron chi connectivity index (χ2n) is 9.15. The summed E-state index contributed by atoms with van der Waals surface area (Å²) in [6.07, 6.45) is 2.81. The molecule has 1 N–H and O–H groups in total. The van der Waals surface area contributed by atoms with E-state index in [1.54, 1.807) is 25.4 Å². The van der Waals surface area contributed by atoms with Crippen molar-refractivity contribution in [2.75, 3.05) is 33.3 Å². The van der Waals surface area contributed by atoms with Crippen LogP contribution in [0, 0.1) is 0 Å². The highest BCUT2D eigenvalue weighted by Crippen LogP contribution is 3.02. The number of ether oxygens (including phenoxy) is 1. The Balaban J connectivity index is 1.58. The van der Waals surface area contributed by atoms with Gasteiger partial charge in [-0.25, -0.2) is 4.98 Å². The molecule has 1 saturated heterocycles. The van der Waals surface area contributed by atoms with Gasteiger partial charge in [0.05, 0.1) is 18.5 Å². The summed E-state index contributed by atoms with van der Waals surface area (Å²) in [5.74, 6) is 0.727. The maximum Gasteiger partial charge on any atom is 0.310 e. The van der Waals surface area contributed by atoms with E-state index in [1.807, 2.05) is 28.7 Å². The van der Waals surface area contributed by atoms with Crippen molar-refractivity contribution in [3.05, 3.63) is 72.6 Å². The van der Waals surface area contributed by atoms with Gasteiger partial charge in [-0.15, -0.1) is 0 Å². The smallest absolute Gasteiger partial charge is 0.310 e. The summed E-state index contributed by atoms with van der Waals surface area (Å²) in [6.45, 7) is 4.23. The Bertz CT molecular complexity index is 1410. The fourth-order valence-corrected chi connectivity index (χ4v) is 5.22. The molecule has 1 aliphatic rings. The van der Waals surface area contributed by atoms with Gasteiger partial charge in [0.25, 0.3) is 0 Å². The van der Waals surface area contributed by atoms with E-state index in [4.69, 9.17) is 9.72 Å². The van der Waals surface area contributed by atoms with Crippen molar-refractivity contribution in [3.8, 4) is 28.1 Å². The average Bonchev–Trinajstić information content (AvgIpc) is 3.01. The van der Waals surface area contributed by atoms with Crippen molar-refractivity contribution in [3.63, 3.8) is 0 Å². The maximum absolute atomic E-state index is 13.2. The van der Waals surface area contributed by atoms with Crippen LogP contribution in [-0.2, 0) is 6.54 Å². The molecule has 5 nitrogen and oxygen atoms in total. The number of pyridine rings is 1. The van der Waals surface area contributed by atoms with Gasteiger partial charge in [-0.05, 0) is 79.2 Å². The van der Waals surface area contributed by atoms with Gasteiger partial charge in [-0.2, -0.15) is 0 Å². The van der Waals surface area contributed by atoms with Crippen molar-refractivity contribution in [1.82, 2.24) is 19.6 Å². The number of methoxy groups -OCH3 is 1. The van der Waals surface area contributed by atoms with Crippen molar-refractivity contribution in [2.45, 2.75) is 17.9 Å². The highest BCUT2D eigenvalue weighted by molar-refractivity contribution is 8.45. The molecule has 0 amide bonds. The predicted octanol–water partition coefficient (Wildman–Crippen LogP) is 7.13. The SMILES string of the molecule is COc1ccc(-c2nc3ccc(-c4ccc(S(F)(F)(F)(F)F)cc4)cn3c2CN2CCCNCC2)cc1. The summed E-state index contributed by atoms with van der Waals surface area (Å²) >= 11 is 0. The summed E-state index contributed by atoms with van der Waals surface area (Å²) in [7, 11) is -8.13. The van der Waals surface area contributed by atoms with Gasteiger partial charge in [0.15, 0.2) is 0 Å². The molecule has 2 aromatic carbocycles. The van der Waals surface area contributed by atoms with E-state index in [2.05, 4.69) is 10.2 Å². The number of nitrogens with zero attached hydrogens (tertiary/aromatic N) is 3. The molecule has 37 heavy (non-hydrogen) atoms. The topological polar surface area (TPSA) is 41.8 Å². The van der Waals surface area contributed by atoms with Crippen LogP contribution in [0.3, 0.4) is 0 Å². The number of hydrogen-bond acceptors (Lipinski definition) is 4. The Morgan fingerprint density at radius 1 is 0.838 bits per heavy atom. The van der Waals surface area contributed by atoms with E-state index in [9.17, 15) is 19.4 Å². The maximum atomic E-state index is 13.2. The molecule has 0 spiro atoms. The molecular formula is C26H27F5N4OS. The molecule has 0 saturated carbocycles. The predicted molar refractivity (Wildman–Crippen MR) is 137 cm³/mol. The molecule has 5 rings (SSSR count). The van der Waals surface area contributed by atoms with Gasteiger partial charge in [0, 0.05) is 31.4 Å². The summed E-state index contributed by atoms with van der Waals surface area (Å²) < 4.78 is 73.1. The van der Waals surface area contributed by atoms with Crippen molar-refractivity contribution < 1.29 is 24.2 Å². The lowest BCUT2D eigenvalue weighted by atomic mass is 10.1. The highest BCUT2D eigenvalue weighted by atomic mass is 32.5. The molecular weight excluding hydrogens is 511 g/mol. The molecule has 198 valence electrons. The van der Waals surface area contributed by atoms with Crippen LogP contribution in [0.5, 0.6) is 5.75 Å². The van der Waals surface area contributed by atoms with Gasteiger partial charge in [-0.3, -0.25) is 4.90 Å². The monoisotopic (exact) mass is 538 g/mol. The quantitative estimate of drug-likeness (QED) is 0.265. The second kappa shape index (κ2) is 8.71. The highest BCUT2D eigenvalue weighted by Gasteiger charge is 2.65. The van der Waals surface area contributed by atoms with E-state index < -0.39 is 15.1 Å². The van der Waals surface area contributed by atoms with Crippen molar-refractivity contribution in [2.24, 2.45) is 0 Å². The lowest BCUT2D eigenvalue weighted by Crippen LogP contribution is -2.28. The molecule has 0 radical (unpaired) electrons. The third-order valence-corrected chi connectivity index (χ3v) is 7.68. The average molecular weight is 539 g/mol. The number of aromatic nitrogens is 2. The number of fused-ring (bicyclic) bond motifs is 1. The van der Waals surface area contributed by atoms with Crippen LogP contribution in [-0.4, -0.2) is 47.6 Å². The first-order valence-electron chi connectivity index (χ1n) is 11.8. The standard InChI is InChI=1S/C26H27F5N4OS/c1-36-22-8-3-20(4-9-22)26-24(18-34-15-2-13-32-14-16-34)35-17-21(7-12-25(35)33-26)19-5-10-23(11-6-19)37(27,28,29,30)31/h3-12,17,32H,2,13-16,18H2,1H3.